The smallest absolute Gasteiger partial charge is 0.163 e. The lowest BCUT2D eigenvalue weighted by Gasteiger charge is -2.34. The molecule has 0 spiro atoms. The number of ether oxygens (including phenoxy) is 1. The summed E-state index contributed by atoms with van der Waals surface area (Å²) in [5.74, 6) is 17.9. The van der Waals surface area contributed by atoms with Gasteiger partial charge < -0.3 is 10.1 Å². The van der Waals surface area contributed by atoms with Gasteiger partial charge in [0.2, 0.25) is 0 Å². The van der Waals surface area contributed by atoms with E-state index >= 15 is 0 Å². The Morgan fingerprint density at radius 3 is 1.26 bits per heavy atom. The van der Waals surface area contributed by atoms with E-state index in [0.717, 1.165) is 143 Å². The predicted octanol–water partition coefficient (Wildman–Crippen LogP) is 26.2. The minimum atomic E-state index is -0.481. The third-order valence-electron chi connectivity index (χ3n) is 25.0. The van der Waals surface area contributed by atoms with Crippen LogP contribution in [0.4, 0.5) is 0 Å². The number of benzene rings is 7. The van der Waals surface area contributed by atoms with E-state index in [1.807, 2.05) is 327 Å². The van der Waals surface area contributed by atoms with E-state index < -0.39 is 5.41 Å². The molecule has 11 nitrogen and oxygen atoms in total. The number of aryl methyl sites for hydroxylation is 4. The second kappa shape index (κ2) is 48.7. The zero-order valence-electron chi connectivity index (χ0n) is 87.0. The molecule has 11 heteroatoms. The minimum absolute atomic E-state index is 0.0561. The van der Waals surface area contributed by atoms with Crippen LogP contribution in [0.25, 0.3) is 0 Å². The van der Waals surface area contributed by atoms with Gasteiger partial charge >= 0.3 is 0 Å². The van der Waals surface area contributed by atoms with Crippen molar-refractivity contribution in [1.29, 1.82) is 0 Å². The standard InChI is InChI=1S/C18H22O.C17H20O.C16H19NO.C16H20O.C15H20O.C15H18O.C14H16O.C13H19NO2/c1-5-14-8-10-15(11-9-14)18(12-6-7-13-18)16(19)17(2,3)4;1-5-12-9-10-14-13(11-12)7-6-8-15(14)16(18)17(2,3)4;1-5-11-6-7-13-12(10-11)8-9-17-14(13)15(18)16(2,3)4;1-7-12-8-10-13(11-9-12)16(5,6)14(17)15(2,3)4;1-10-5-7-12-11(9-10)6-8-13(12)14(16)15(2,3)4;1-6-12-7-9-13(10-8-12)11(2)14(16)15(3,4)5;1-5-11-6-8-12(9-7-11)10-13(15)14(2,3)4;1-10-5-6-11(7-14-10)8-16-9-12(15)13(2,3)4/h1,8-11H,6-7,12-13H2,2-4H3;1,9-11,15H,6-8H2,2-4H3;1,6-7,10,14,17H,8-9H2,2-4H3;1,8-11H,2-6H3;5,7,9,13H,6,8H2,1-4H3;1,7-11H,2-5H3;1,6-9H,10H2,2-4H3;5-7H,8-9H2,1-4H3. The Hall–Kier alpha value is -11.7. The number of nitrogens with zero attached hydrogens (tertiary/aromatic N) is 1. The quantitative estimate of drug-likeness (QED) is 0.0969. The summed E-state index contributed by atoms with van der Waals surface area (Å²) in [4.78, 5) is 102. The molecule has 1 fully saturated rings. The third kappa shape index (κ3) is 33.7. The van der Waals surface area contributed by atoms with Crippen molar-refractivity contribution < 1.29 is 43.1 Å². The number of hydrogen-bond acceptors (Lipinski definition) is 11. The number of carbonyl (C=O) groups is 8. The SMILES string of the molecule is C#Cc1ccc(C(C)(C)C(=O)C(C)(C)C)cc1.C#Cc1ccc(C(C)C(=O)C(C)(C)C)cc1.C#Cc1ccc(C2(C(=O)C(C)(C)C)CCCC2)cc1.C#Cc1ccc(CC(=O)C(C)(C)C)cc1.C#Cc1ccc2c(c1)CCCC2C(=O)C(C)(C)C.C#Cc1ccc2c(c1)CCNC2C(=O)C(C)(C)C.Cc1ccc(COCC(=O)C(C)(C)C)cn1.Cc1ccc2c(c1)CCC2C(=O)C(C)(C)C. The first-order valence-electron chi connectivity index (χ1n) is 47.7. The number of terminal acetylenes is 6. The fourth-order valence-corrected chi connectivity index (χ4v) is 16.7. The molecule has 1 N–H and O–H groups in total. The van der Waals surface area contributed by atoms with E-state index in [1.165, 1.54) is 33.4 Å². The maximum atomic E-state index is 12.9. The van der Waals surface area contributed by atoms with Gasteiger partial charge in [-0.1, -0.05) is 312 Å². The molecule has 3 aliphatic carbocycles. The number of Topliss-reactive ketones (excluding diaryl/α,β-unsaturated/α-hetero) is 8. The maximum Gasteiger partial charge on any atom is 0.163 e. The average Bonchev–Trinajstić information content (AvgIpc) is 1.63. The van der Waals surface area contributed by atoms with Gasteiger partial charge in [-0.15, -0.1) is 38.5 Å². The number of aromatic nitrogens is 1. The lowest BCUT2D eigenvalue weighted by Crippen LogP contribution is -2.41. The molecule has 0 amide bonds. The van der Waals surface area contributed by atoms with Crippen LogP contribution in [0.5, 0.6) is 0 Å². The van der Waals surface area contributed by atoms with E-state index in [9.17, 15) is 38.4 Å². The van der Waals surface area contributed by atoms with Gasteiger partial charge in [-0.2, -0.15) is 0 Å². The van der Waals surface area contributed by atoms with Crippen LogP contribution >= 0.6 is 0 Å². The summed E-state index contributed by atoms with van der Waals surface area (Å²) >= 11 is 0. The Morgan fingerprint density at radius 2 is 0.830 bits per heavy atom. The van der Waals surface area contributed by atoms with E-state index in [4.69, 9.17) is 43.3 Å². The number of ketones is 8. The molecule has 8 aromatic rings. The lowest BCUT2D eigenvalue weighted by atomic mass is 9.67. The van der Waals surface area contributed by atoms with Gasteiger partial charge in [-0.3, -0.25) is 43.3 Å². The van der Waals surface area contributed by atoms with E-state index in [-0.39, 0.29) is 108 Å². The van der Waals surface area contributed by atoms with Gasteiger partial charge in [0.25, 0.3) is 0 Å². The Kier molecular flexibility index (Phi) is 41.1. The molecule has 4 atom stereocenters. The zero-order chi connectivity index (χ0) is 102. The van der Waals surface area contributed by atoms with Crippen molar-refractivity contribution in [3.8, 4) is 74.1 Å². The summed E-state index contributed by atoms with van der Waals surface area (Å²) in [7, 11) is 0. The largest absolute Gasteiger partial charge is 0.369 e. The Labute approximate surface area is 813 Å². The summed E-state index contributed by atoms with van der Waals surface area (Å²) in [6, 6.07) is 53.0. The van der Waals surface area contributed by atoms with Crippen LogP contribution in [-0.2, 0) is 86.2 Å². The highest BCUT2D eigenvalue weighted by Crippen LogP contribution is 2.47. The second-order valence-corrected chi connectivity index (χ2v) is 45.1. The zero-order valence-corrected chi connectivity index (χ0v) is 87.0. The molecule has 0 bridgehead atoms. The number of fused-ring (bicyclic) bond motifs is 3. The molecule has 4 unspecified atom stereocenters. The molecular formula is C124H154N2O9. The third-order valence-corrected chi connectivity index (χ3v) is 25.0. The van der Waals surface area contributed by atoms with E-state index in [0.29, 0.717) is 30.4 Å². The highest BCUT2D eigenvalue weighted by Gasteiger charge is 2.47. The molecule has 1 aliphatic heterocycles. The molecule has 1 aromatic heterocycles. The molecular weight excluding hydrogens is 1660 g/mol. The molecule has 135 heavy (non-hydrogen) atoms. The first-order valence-corrected chi connectivity index (χ1v) is 47.7. The maximum absolute atomic E-state index is 12.9. The van der Waals surface area contributed by atoms with Gasteiger partial charge in [0.1, 0.15) is 41.3 Å². The number of rotatable bonds is 15. The number of nitrogens with one attached hydrogen (secondary N) is 1. The number of pyridine rings is 1. The van der Waals surface area contributed by atoms with Crippen molar-refractivity contribution in [3.63, 3.8) is 0 Å². The van der Waals surface area contributed by atoms with Gasteiger partial charge in [0.15, 0.2) is 11.6 Å². The van der Waals surface area contributed by atoms with Crippen LogP contribution in [0.2, 0.25) is 0 Å². The Bertz CT molecular complexity index is 5580. The van der Waals surface area contributed by atoms with E-state index in [2.05, 4.69) is 83.1 Å². The number of carbonyl (C=O) groups excluding carboxylic acids is 8. The van der Waals surface area contributed by atoms with Crippen molar-refractivity contribution in [3.05, 3.63) is 276 Å². The van der Waals surface area contributed by atoms with E-state index in [1.54, 1.807) is 6.20 Å². The lowest BCUT2D eigenvalue weighted by molar-refractivity contribution is -0.132. The first-order chi connectivity index (χ1) is 62.5. The average molecular weight is 1820 g/mol. The van der Waals surface area contributed by atoms with Gasteiger partial charge in [0, 0.05) is 125 Å². The molecule has 12 rings (SSSR count). The summed E-state index contributed by atoms with van der Waals surface area (Å²) in [6.07, 6.45) is 44.6. The van der Waals surface area contributed by atoms with Crippen molar-refractivity contribution in [2.45, 2.75) is 313 Å². The molecule has 4 aliphatic rings. The fourth-order valence-electron chi connectivity index (χ4n) is 16.7. The molecule has 7 aromatic carbocycles. The summed E-state index contributed by atoms with van der Waals surface area (Å²) < 4.78 is 5.36. The van der Waals surface area contributed by atoms with Crippen molar-refractivity contribution >= 4 is 46.3 Å². The number of hydrogen-bond donors (Lipinski definition) is 1. The minimum Gasteiger partial charge on any atom is -0.369 e. The van der Waals surface area contributed by atoms with Gasteiger partial charge in [-0.05, 0) is 219 Å². The van der Waals surface area contributed by atoms with Crippen molar-refractivity contribution in [2.24, 2.45) is 43.3 Å². The second-order valence-electron chi connectivity index (χ2n) is 45.1. The molecule has 0 radical (unpaired) electrons. The molecule has 0 saturated heterocycles. The molecule has 2 heterocycles. The van der Waals surface area contributed by atoms with Crippen LogP contribution in [0.15, 0.2) is 170 Å². The van der Waals surface area contributed by atoms with Gasteiger partial charge in [0.05, 0.1) is 18.1 Å². The van der Waals surface area contributed by atoms with Crippen LogP contribution in [-0.4, -0.2) is 64.4 Å². The fraction of sp³-hybridized carbons (Fsp3) is 0.460. The van der Waals surface area contributed by atoms with Crippen LogP contribution < -0.4 is 5.32 Å². The highest BCUT2D eigenvalue weighted by atomic mass is 16.5. The Morgan fingerprint density at radius 1 is 0.415 bits per heavy atom. The summed E-state index contributed by atoms with van der Waals surface area (Å²) in [5, 5.41) is 3.32. The monoisotopic (exact) mass is 1820 g/mol. The van der Waals surface area contributed by atoms with Gasteiger partial charge in [-0.25, -0.2) is 0 Å². The van der Waals surface area contributed by atoms with Crippen molar-refractivity contribution in [2.75, 3.05) is 13.2 Å². The van der Waals surface area contributed by atoms with Crippen LogP contribution in [0.3, 0.4) is 0 Å². The van der Waals surface area contributed by atoms with Crippen molar-refractivity contribution in [1.82, 2.24) is 10.3 Å². The predicted molar refractivity (Wildman–Crippen MR) is 558 cm³/mol. The van der Waals surface area contributed by atoms with Crippen LogP contribution in [0.1, 0.15) is 362 Å². The normalized spacial score (nSPS) is 15.5. The van der Waals surface area contributed by atoms with Crippen LogP contribution in [0, 0.1) is 131 Å². The summed E-state index contributed by atoms with van der Waals surface area (Å²) in [6.45, 7) is 58.5. The molecule has 714 valence electrons. The topological polar surface area (TPSA) is 171 Å². The first kappa shape index (κ1) is 114. The Balaban J connectivity index is 0.000000273. The molecule has 1 saturated carbocycles. The summed E-state index contributed by atoms with van der Waals surface area (Å²) in [5.41, 5.74) is 16.9. The highest BCUT2D eigenvalue weighted by molar-refractivity contribution is 5.96.